The summed E-state index contributed by atoms with van der Waals surface area (Å²) in [5, 5.41) is 1.19. The van der Waals surface area contributed by atoms with Crippen molar-refractivity contribution >= 4 is 16.7 Å². The molecule has 3 nitrogen and oxygen atoms in total. The van der Waals surface area contributed by atoms with Crippen LogP contribution in [0.25, 0.3) is 10.9 Å². The van der Waals surface area contributed by atoms with Gasteiger partial charge in [0.25, 0.3) is 0 Å². The lowest BCUT2D eigenvalue weighted by Gasteiger charge is -1.95. The number of anilines is 1. The molecule has 62 valence electrons. The van der Waals surface area contributed by atoms with Crippen molar-refractivity contribution in [1.82, 2.24) is 9.55 Å². The van der Waals surface area contributed by atoms with Gasteiger partial charge in [-0.3, -0.25) is 0 Å². The average Bonchev–Trinajstić information content (AvgIpc) is 2.28. The second-order valence-electron chi connectivity index (χ2n) is 3.05. The lowest BCUT2D eigenvalue weighted by Crippen LogP contribution is -1.90. The summed E-state index contributed by atoms with van der Waals surface area (Å²) in [7, 11) is 2.01. The molecule has 0 amide bonds. The van der Waals surface area contributed by atoms with E-state index in [-0.39, 0.29) is 0 Å². The van der Waals surface area contributed by atoms with Crippen molar-refractivity contribution in [1.29, 1.82) is 0 Å². The van der Waals surface area contributed by atoms with Crippen molar-refractivity contribution in [2.24, 2.45) is 7.05 Å². The molecular weight excluding hydrogens is 150 g/mol. The predicted molar refractivity (Wildman–Crippen MR) is 49.9 cm³/mol. The van der Waals surface area contributed by atoms with E-state index in [0.717, 1.165) is 5.52 Å². The fourth-order valence-corrected chi connectivity index (χ4v) is 1.49. The maximum Gasteiger partial charge on any atom is 0.124 e. The summed E-state index contributed by atoms with van der Waals surface area (Å²) < 4.78 is 2.05. The van der Waals surface area contributed by atoms with Gasteiger partial charge in [0, 0.05) is 18.6 Å². The van der Waals surface area contributed by atoms with Gasteiger partial charge in [0.1, 0.15) is 5.82 Å². The summed E-state index contributed by atoms with van der Waals surface area (Å²) in [5.74, 6) is 0.580. The fourth-order valence-electron chi connectivity index (χ4n) is 1.49. The van der Waals surface area contributed by atoms with Gasteiger partial charge in [0.15, 0.2) is 0 Å². The molecule has 2 N–H and O–H groups in total. The lowest BCUT2D eigenvalue weighted by atomic mass is 10.2. The second kappa shape index (κ2) is 2.24. The number of hydrogen-bond acceptors (Lipinski definition) is 2. The number of pyridine rings is 1. The van der Waals surface area contributed by atoms with Gasteiger partial charge in [-0.25, -0.2) is 4.98 Å². The minimum absolute atomic E-state index is 0.580. The zero-order valence-corrected chi connectivity index (χ0v) is 7.20. The van der Waals surface area contributed by atoms with Gasteiger partial charge in [-0.15, -0.1) is 0 Å². The van der Waals surface area contributed by atoms with Crippen LogP contribution in [0.2, 0.25) is 0 Å². The second-order valence-corrected chi connectivity index (χ2v) is 3.05. The quantitative estimate of drug-likeness (QED) is 0.635. The number of nitrogen functional groups attached to an aromatic ring is 1. The number of hydrogen-bond donors (Lipinski definition) is 1. The fraction of sp³-hybridized carbons (Fsp3) is 0.222. The molecule has 0 radical (unpaired) electrons. The monoisotopic (exact) mass is 161 g/mol. The van der Waals surface area contributed by atoms with E-state index >= 15 is 0 Å². The summed E-state index contributed by atoms with van der Waals surface area (Å²) in [6.45, 7) is 2.07. The van der Waals surface area contributed by atoms with Crippen LogP contribution in [0.5, 0.6) is 0 Å². The largest absolute Gasteiger partial charge is 0.384 e. The van der Waals surface area contributed by atoms with Gasteiger partial charge in [0.05, 0.1) is 11.7 Å². The van der Waals surface area contributed by atoms with Crippen LogP contribution in [-0.2, 0) is 7.05 Å². The predicted octanol–water partition coefficient (Wildman–Crippen LogP) is 1.46. The van der Waals surface area contributed by atoms with Gasteiger partial charge in [-0.2, -0.15) is 0 Å². The highest BCUT2D eigenvalue weighted by Crippen LogP contribution is 2.19. The van der Waals surface area contributed by atoms with Crippen LogP contribution in [0.3, 0.4) is 0 Å². The molecule has 0 saturated heterocycles. The van der Waals surface area contributed by atoms with Crippen molar-refractivity contribution in [3.8, 4) is 0 Å². The first-order valence-electron chi connectivity index (χ1n) is 3.85. The minimum atomic E-state index is 0.580. The Morgan fingerprint density at radius 2 is 2.25 bits per heavy atom. The highest BCUT2D eigenvalue weighted by molar-refractivity contribution is 5.84. The maximum atomic E-state index is 5.58. The third-order valence-corrected chi connectivity index (χ3v) is 2.10. The first-order chi connectivity index (χ1) is 5.68. The smallest absolute Gasteiger partial charge is 0.124 e. The van der Waals surface area contributed by atoms with Crippen molar-refractivity contribution < 1.29 is 0 Å². The number of aryl methyl sites for hydroxylation is 2. The molecule has 0 fully saturated rings. The summed E-state index contributed by atoms with van der Waals surface area (Å²) in [4.78, 5) is 4.04. The summed E-state index contributed by atoms with van der Waals surface area (Å²) in [5.41, 5.74) is 7.95. The van der Waals surface area contributed by atoms with E-state index in [1.54, 1.807) is 6.20 Å². The molecule has 0 spiro atoms. The highest BCUT2D eigenvalue weighted by Gasteiger charge is 2.02. The minimum Gasteiger partial charge on any atom is -0.384 e. The van der Waals surface area contributed by atoms with Crippen molar-refractivity contribution in [3.05, 3.63) is 24.0 Å². The van der Waals surface area contributed by atoms with Crippen LogP contribution < -0.4 is 5.73 Å². The summed E-state index contributed by atoms with van der Waals surface area (Å²) >= 11 is 0. The summed E-state index contributed by atoms with van der Waals surface area (Å²) in [6, 6.07) is 1.91. The third kappa shape index (κ3) is 0.863. The van der Waals surface area contributed by atoms with Gasteiger partial charge < -0.3 is 10.3 Å². The standard InChI is InChI=1S/C9H11N3/c1-6-5-12(2)8-4-11-9(10)3-7(6)8/h3-5H,1-2H3,(H2,10,11). The Morgan fingerprint density at radius 3 is 3.00 bits per heavy atom. The lowest BCUT2D eigenvalue weighted by molar-refractivity contribution is 0.960. The summed E-state index contributed by atoms with van der Waals surface area (Å²) in [6.07, 6.45) is 3.88. The van der Waals surface area contributed by atoms with Gasteiger partial charge >= 0.3 is 0 Å². The van der Waals surface area contributed by atoms with Crippen LogP contribution in [0, 0.1) is 6.92 Å². The Labute approximate surface area is 70.8 Å². The van der Waals surface area contributed by atoms with Crippen molar-refractivity contribution in [2.45, 2.75) is 6.92 Å². The van der Waals surface area contributed by atoms with Gasteiger partial charge in [-0.05, 0) is 18.6 Å². The van der Waals surface area contributed by atoms with E-state index in [2.05, 4.69) is 22.7 Å². The zero-order valence-electron chi connectivity index (χ0n) is 7.20. The number of fused-ring (bicyclic) bond motifs is 1. The van der Waals surface area contributed by atoms with Crippen LogP contribution >= 0.6 is 0 Å². The van der Waals surface area contributed by atoms with Gasteiger partial charge in [0.2, 0.25) is 0 Å². The number of rotatable bonds is 0. The molecule has 0 atom stereocenters. The SMILES string of the molecule is Cc1cn(C)c2cnc(N)cc12. The molecule has 2 aromatic heterocycles. The zero-order chi connectivity index (χ0) is 8.72. The van der Waals surface area contributed by atoms with E-state index in [9.17, 15) is 0 Å². The number of aromatic nitrogens is 2. The van der Waals surface area contributed by atoms with Gasteiger partial charge in [-0.1, -0.05) is 0 Å². The van der Waals surface area contributed by atoms with E-state index in [1.165, 1.54) is 10.9 Å². The molecular formula is C9H11N3. The molecule has 0 aromatic carbocycles. The molecule has 0 unspecified atom stereocenters. The molecule has 0 saturated carbocycles. The van der Waals surface area contributed by atoms with Crippen LogP contribution in [0.1, 0.15) is 5.56 Å². The molecule has 2 aromatic rings. The van der Waals surface area contributed by atoms with Crippen LogP contribution in [-0.4, -0.2) is 9.55 Å². The van der Waals surface area contributed by atoms with Crippen molar-refractivity contribution in [2.75, 3.05) is 5.73 Å². The van der Waals surface area contributed by atoms with Crippen LogP contribution in [0.15, 0.2) is 18.5 Å². The van der Waals surface area contributed by atoms with Crippen molar-refractivity contribution in [3.63, 3.8) is 0 Å². The number of nitrogens with zero attached hydrogens (tertiary/aromatic N) is 2. The topological polar surface area (TPSA) is 43.8 Å². The molecule has 0 aliphatic carbocycles. The third-order valence-electron chi connectivity index (χ3n) is 2.10. The Hall–Kier alpha value is -1.51. The normalized spacial score (nSPS) is 10.8. The van der Waals surface area contributed by atoms with E-state index in [1.807, 2.05) is 13.1 Å². The Balaban J connectivity index is 2.90. The Morgan fingerprint density at radius 1 is 1.50 bits per heavy atom. The molecule has 0 aliphatic rings. The van der Waals surface area contributed by atoms with E-state index < -0.39 is 0 Å². The Kier molecular flexibility index (Phi) is 1.33. The van der Waals surface area contributed by atoms with E-state index in [0.29, 0.717) is 5.82 Å². The molecule has 2 rings (SSSR count). The molecule has 0 aliphatic heterocycles. The molecule has 12 heavy (non-hydrogen) atoms. The van der Waals surface area contributed by atoms with E-state index in [4.69, 9.17) is 5.73 Å². The maximum absolute atomic E-state index is 5.58. The van der Waals surface area contributed by atoms with Crippen LogP contribution in [0.4, 0.5) is 5.82 Å². The molecule has 3 heteroatoms. The highest BCUT2D eigenvalue weighted by atomic mass is 14.9. The molecule has 0 bridgehead atoms. The first kappa shape index (κ1) is 7.16. The first-order valence-corrected chi connectivity index (χ1v) is 3.85. The average molecular weight is 161 g/mol. The Bertz CT molecular complexity index is 429. The molecule has 2 heterocycles. The number of nitrogens with two attached hydrogens (primary N) is 1.